The van der Waals surface area contributed by atoms with Crippen LogP contribution in [0.25, 0.3) is 32.3 Å². The first-order valence-electron chi connectivity index (χ1n) is 17.4. The molecule has 3 heterocycles. The Morgan fingerprint density at radius 3 is 1.33 bits per heavy atom. The predicted molar refractivity (Wildman–Crippen MR) is 192 cm³/mol. The number of ether oxygens (including phenoxy) is 4. The Labute approximate surface area is 298 Å². The number of nitrogens with two attached hydrogens (primary N) is 1. The van der Waals surface area contributed by atoms with Crippen LogP contribution in [-0.2, 0) is 44.3 Å². The maximum absolute atomic E-state index is 14.4. The molecule has 0 saturated carbocycles. The number of hydrogen-bond acceptors (Lipinski definition) is 11. The summed E-state index contributed by atoms with van der Waals surface area (Å²) >= 11 is 0. The van der Waals surface area contributed by atoms with E-state index >= 15 is 0 Å². The van der Waals surface area contributed by atoms with Gasteiger partial charge in [-0.25, -0.2) is 25.3 Å². The molecular formula is C34H44N4O10S3. The van der Waals surface area contributed by atoms with Gasteiger partial charge < -0.3 is 24.7 Å². The third-order valence-corrected chi connectivity index (χ3v) is 15.7. The topological polar surface area (TPSA) is 175 Å². The van der Waals surface area contributed by atoms with E-state index in [2.05, 4.69) is 0 Å². The fourth-order valence-corrected chi connectivity index (χ4v) is 12.1. The van der Waals surface area contributed by atoms with Gasteiger partial charge in [-0.1, -0.05) is 31.0 Å². The summed E-state index contributed by atoms with van der Waals surface area (Å²) in [6.45, 7) is 3.05. The second kappa shape index (κ2) is 15.0. The fourth-order valence-electron chi connectivity index (χ4n) is 7.19. The van der Waals surface area contributed by atoms with E-state index in [1.165, 1.54) is 19.0 Å². The van der Waals surface area contributed by atoms with Crippen molar-refractivity contribution in [2.45, 2.75) is 40.4 Å². The SMILES string of the molecule is NCCCCCCOc1cc(S(=O)(=O)N2CCOCC2)c2ccc3c(S(=O)(=O)N4CCOCC4)cc(S(=O)(=O)N4CCOCC4)c4ccc1c2c43. The monoisotopic (exact) mass is 764 g/mol. The minimum absolute atomic E-state index is 0.00320. The van der Waals surface area contributed by atoms with E-state index in [9.17, 15) is 25.3 Å². The third-order valence-electron chi connectivity index (χ3n) is 9.87. The standard InChI is InChI=1S/C34H44N4O10S3/c35-9-3-1-2-4-16-48-29-23-30(49(39,40)36-10-17-45-18-11-36)26-7-8-28-32(51(43,44)38-14-21-47-22-15-38)24-31(27-6-5-25(29)33(26)34(27)28)50(41,42)37-12-19-46-20-13-37/h5-8,23-24H,1-4,9-22,35H2. The minimum atomic E-state index is -4.23. The van der Waals surface area contributed by atoms with Crippen molar-refractivity contribution in [1.29, 1.82) is 0 Å². The average Bonchev–Trinajstić information content (AvgIpc) is 3.16. The molecule has 0 spiro atoms. The van der Waals surface area contributed by atoms with Gasteiger partial charge in [-0.3, -0.25) is 0 Å². The second-order valence-electron chi connectivity index (χ2n) is 12.9. The lowest BCUT2D eigenvalue weighted by molar-refractivity contribution is 0.0729. The van der Waals surface area contributed by atoms with Crippen molar-refractivity contribution < 1.29 is 44.2 Å². The quantitative estimate of drug-likeness (QED) is 0.157. The highest BCUT2D eigenvalue weighted by Crippen LogP contribution is 2.46. The predicted octanol–water partition coefficient (Wildman–Crippen LogP) is 2.54. The number of nitrogens with zero attached hydrogens (tertiary/aromatic N) is 3. The molecule has 0 aromatic heterocycles. The van der Waals surface area contributed by atoms with Gasteiger partial charge in [0.25, 0.3) is 0 Å². The summed E-state index contributed by atoms with van der Waals surface area (Å²) in [6, 6.07) is 9.45. The molecule has 17 heteroatoms. The Morgan fingerprint density at radius 2 is 0.902 bits per heavy atom. The molecule has 0 aliphatic carbocycles. The van der Waals surface area contributed by atoms with Crippen LogP contribution in [0.4, 0.5) is 0 Å². The molecule has 3 aliphatic heterocycles. The Bertz CT molecular complexity index is 2150. The van der Waals surface area contributed by atoms with Gasteiger partial charge in [-0.15, -0.1) is 0 Å². The van der Waals surface area contributed by atoms with E-state index in [4.69, 9.17) is 24.7 Å². The van der Waals surface area contributed by atoms with E-state index < -0.39 is 30.1 Å². The number of sulfonamides is 3. The first-order valence-corrected chi connectivity index (χ1v) is 21.7. The van der Waals surface area contributed by atoms with Crippen LogP contribution in [0.3, 0.4) is 0 Å². The summed E-state index contributed by atoms with van der Waals surface area (Å²) in [4.78, 5) is -0.327. The van der Waals surface area contributed by atoms with Crippen molar-refractivity contribution in [3.8, 4) is 5.75 Å². The largest absolute Gasteiger partial charge is 0.493 e. The van der Waals surface area contributed by atoms with Crippen LogP contribution in [0.2, 0.25) is 0 Å². The zero-order chi connectivity index (χ0) is 35.8. The first kappa shape index (κ1) is 36.6. The van der Waals surface area contributed by atoms with Gasteiger partial charge >= 0.3 is 0 Å². The molecule has 0 unspecified atom stereocenters. The zero-order valence-electron chi connectivity index (χ0n) is 28.4. The Balaban J connectivity index is 1.51. The summed E-state index contributed by atoms with van der Waals surface area (Å²) < 4.78 is 113. The van der Waals surface area contributed by atoms with E-state index in [1.54, 1.807) is 30.3 Å². The number of rotatable bonds is 13. The molecular weight excluding hydrogens is 721 g/mol. The Kier molecular flexibility index (Phi) is 10.8. The third kappa shape index (κ3) is 6.82. The Hall–Kier alpha value is -2.71. The van der Waals surface area contributed by atoms with E-state index in [0.29, 0.717) is 51.2 Å². The Morgan fingerprint density at radius 1 is 0.529 bits per heavy atom. The van der Waals surface area contributed by atoms with Crippen molar-refractivity contribution in [2.75, 3.05) is 92.1 Å². The number of unbranched alkanes of at least 4 members (excludes halogenated alkanes) is 3. The number of morpholine rings is 3. The van der Waals surface area contributed by atoms with Crippen molar-refractivity contribution in [3.63, 3.8) is 0 Å². The molecule has 4 aromatic carbocycles. The molecule has 3 aliphatic rings. The van der Waals surface area contributed by atoms with Gasteiger partial charge in [0.2, 0.25) is 30.1 Å². The van der Waals surface area contributed by atoms with Crippen LogP contribution in [0.15, 0.2) is 51.1 Å². The molecule has 14 nitrogen and oxygen atoms in total. The highest BCUT2D eigenvalue weighted by Gasteiger charge is 2.36. The molecule has 3 fully saturated rings. The van der Waals surface area contributed by atoms with Crippen LogP contribution >= 0.6 is 0 Å². The average molecular weight is 765 g/mol. The highest BCUT2D eigenvalue weighted by molar-refractivity contribution is 7.90. The summed E-state index contributed by atoms with van der Waals surface area (Å²) in [7, 11) is -12.5. The molecule has 0 atom stereocenters. The molecule has 3 saturated heterocycles. The summed E-state index contributed by atoms with van der Waals surface area (Å²) in [5.41, 5.74) is 5.66. The van der Waals surface area contributed by atoms with Crippen molar-refractivity contribution in [3.05, 3.63) is 36.4 Å². The van der Waals surface area contributed by atoms with Gasteiger partial charge in [0.15, 0.2) is 0 Å². The normalized spacial score (nSPS) is 19.4. The van der Waals surface area contributed by atoms with Crippen LogP contribution in [0.5, 0.6) is 5.75 Å². The van der Waals surface area contributed by atoms with Gasteiger partial charge in [0.1, 0.15) is 5.75 Å². The summed E-state index contributed by atoms with van der Waals surface area (Å²) in [6.07, 6.45) is 3.44. The smallest absolute Gasteiger partial charge is 0.243 e. The highest BCUT2D eigenvalue weighted by atomic mass is 32.2. The second-order valence-corrected chi connectivity index (χ2v) is 18.6. The molecule has 0 radical (unpaired) electrons. The maximum Gasteiger partial charge on any atom is 0.243 e. The van der Waals surface area contributed by atoms with Gasteiger partial charge in [0.05, 0.1) is 60.9 Å². The maximum atomic E-state index is 14.4. The lowest BCUT2D eigenvalue weighted by Crippen LogP contribution is -2.41. The van der Waals surface area contributed by atoms with Crippen molar-refractivity contribution >= 4 is 62.4 Å². The van der Waals surface area contributed by atoms with Crippen LogP contribution < -0.4 is 10.5 Å². The lowest BCUT2D eigenvalue weighted by atomic mass is 9.93. The summed E-state index contributed by atoms with van der Waals surface area (Å²) in [5.74, 6) is 0.321. The molecule has 0 bridgehead atoms. The molecule has 7 rings (SSSR count). The fraction of sp³-hybridized carbons (Fsp3) is 0.529. The molecule has 2 N–H and O–H groups in total. The van der Waals surface area contributed by atoms with Crippen molar-refractivity contribution in [2.24, 2.45) is 5.73 Å². The molecule has 4 aromatic rings. The number of benzene rings is 4. The van der Waals surface area contributed by atoms with Crippen LogP contribution in [0.1, 0.15) is 25.7 Å². The first-order chi connectivity index (χ1) is 24.6. The zero-order valence-corrected chi connectivity index (χ0v) is 30.9. The molecule has 0 amide bonds. The van der Waals surface area contributed by atoms with Crippen LogP contribution in [-0.4, -0.2) is 130 Å². The molecule has 51 heavy (non-hydrogen) atoms. The van der Waals surface area contributed by atoms with Crippen LogP contribution in [0, 0.1) is 0 Å². The minimum Gasteiger partial charge on any atom is -0.493 e. The van der Waals surface area contributed by atoms with Gasteiger partial charge in [-0.2, -0.15) is 12.9 Å². The van der Waals surface area contributed by atoms with E-state index in [-0.39, 0.29) is 93.6 Å². The van der Waals surface area contributed by atoms with Crippen molar-refractivity contribution in [1.82, 2.24) is 12.9 Å². The van der Waals surface area contributed by atoms with Gasteiger partial charge in [0, 0.05) is 77.7 Å². The lowest BCUT2D eigenvalue weighted by Gasteiger charge is -2.30. The number of hydrogen-bond donors (Lipinski definition) is 1. The van der Waals surface area contributed by atoms with E-state index in [1.807, 2.05) is 0 Å². The van der Waals surface area contributed by atoms with Gasteiger partial charge in [-0.05, 0) is 31.5 Å². The van der Waals surface area contributed by atoms with E-state index in [0.717, 1.165) is 25.7 Å². The summed E-state index contributed by atoms with van der Waals surface area (Å²) in [5, 5.41) is 2.27. The molecule has 278 valence electrons.